The summed E-state index contributed by atoms with van der Waals surface area (Å²) in [7, 11) is 0. The van der Waals surface area contributed by atoms with E-state index < -0.39 is 11.8 Å². The maximum absolute atomic E-state index is 13.5. The summed E-state index contributed by atoms with van der Waals surface area (Å²) in [4.78, 5) is 28.6. The van der Waals surface area contributed by atoms with Crippen LogP contribution in [0, 0.1) is 0 Å². The summed E-state index contributed by atoms with van der Waals surface area (Å²) in [6, 6.07) is 25.7. The first kappa shape index (κ1) is 25.7. The second kappa shape index (κ2) is 11.2. The number of nitrogens with zero attached hydrogens (tertiary/aromatic N) is 1. The van der Waals surface area contributed by atoms with Crippen LogP contribution in [0.4, 0.5) is 5.69 Å². The molecule has 2 amide bonds. The van der Waals surface area contributed by atoms with Gasteiger partial charge in [-0.25, -0.2) is 0 Å². The first-order valence-corrected chi connectivity index (χ1v) is 14.1. The molecule has 1 aliphatic heterocycles. The van der Waals surface area contributed by atoms with Gasteiger partial charge in [-0.1, -0.05) is 41.6 Å². The Morgan fingerprint density at radius 2 is 1.65 bits per heavy atom. The lowest BCUT2D eigenvalue weighted by molar-refractivity contribution is -0.122. The maximum atomic E-state index is 13.5. The van der Waals surface area contributed by atoms with Crippen LogP contribution in [0.2, 0.25) is 5.02 Å². The predicted molar refractivity (Wildman–Crippen MR) is 157 cm³/mol. The highest BCUT2D eigenvalue weighted by Gasteiger charge is 2.34. The number of hydrogen-bond acceptors (Lipinski definition) is 6. The van der Waals surface area contributed by atoms with Crippen molar-refractivity contribution in [3.63, 3.8) is 0 Å². The quantitative estimate of drug-likeness (QED) is 0.134. The van der Waals surface area contributed by atoms with E-state index in [2.05, 4.69) is 21.2 Å². The molecule has 1 N–H and O–H groups in total. The number of para-hydroxylation sites is 1. The lowest BCUT2D eigenvalue weighted by Gasteiger charge is -2.29. The molecule has 1 aliphatic rings. The molecule has 2 heterocycles. The number of ether oxygens (including phenoxy) is 1. The van der Waals surface area contributed by atoms with Crippen molar-refractivity contribution in [2.45, 2.75) is 9.10 Å². The van der Waals surface area contributed by atoms with E-state index in [4.69, 9.17) is 28.6 Å². The molecule has 4 aromatic rings. The number of rotatable bonds is 6. The minimum absolute atomic E-state index is 0.0125. The molecule has 0 aliphatic carbocycles. The third-order valence-corrected chi connectivity index (χ3v) is 8.61. The van der Waals surface area contributed by atoms with E-state index >= 15 is 0 Å². The summed E-state index contributed by atoms with van der Waals surface area (Å²) >= 11 is 17.9. The Morgan fingerprint density at radius 3 is 2.35 bits per heavy atom. The molecule has 1 aromatic heterocycles. The Labute approximate surface area is 240 Å². The van der Waals surface area contributed by atoms with Gasteiger partial charge in [-0.15, -0.1) is 11.3 Å². The number of benzene rings is 3. The van der Waals surface area contributed by atoms with E-state index in [1.54, 1.807) is 30.3 Å². The van der Waals surface area contributed by atoms with Crippen LogP contribution in [0.3, 0.4) is 0 Å². The monoisotopic (exact) mass is 626 g/mol. The number of thiocarbonyl (C=S) groups is 1. The summed E-state index contributed by atoms with van der Waals surface area (Å²) < 4.78 is 7.63. The van der Waals surface area contributed by atoms with Gasteiger partial charge >= 0.3 is 0 Å². The smallest absolute Gasteiger partial charge is 0.270 e. The Morgan fingerprint density at radius 1 is 0.973 bits per heavy atom. The van der Waals surface area contributed by atoms with Crippen molar-refractivity contribution >= 4 is 91.5 Å². The molecule has 0 bridgehead atoms. The highest BCUT2D eigenvalue weighted by atomic mass is 79.9. The van der Waals surface area contributed by atoms with Crippen LogP contribution in [0.25, 0.3) is 6.08 Å². The number of amides is 2. The number of thiophene rings is 1. The molecule has 184 valence electrons. The Balaban J connectivity index is 1.41. The van der Waals surface area contributed by atoms with Crippen LogP contribution in [0.1, 0.15) is 5.56 Å². The van der Waals surface area contributed by atoms with Gasteiger partial charge in [-0.2, -0.15) is 0 Å². The number of carbonyl (C=O) groups is 2. The third kappa shape index (κ3) is 5.97. The van der Waals surface area contributed by atoms with Gasteiger partial charge < -0.3 is 4.74 Å². The second-order valence-corrected chi connectivity index (χ2v) is 12.3. The van der Waals surface area contributed by atoms with Crippen molar-refractivity contribution in [1.82, 2.24) is 5.32 Å². The lowest BCUT2D eigenvalue weighted by Crippen LogP contribution is -2.54. The molecule has 1 fully saturated rings. The van der Waals surface area contributed by atoms with Crippen molar-refractivity contribution in [2.24, 2.45) is 0 Å². The Hall–Kier alpha value is -2.95. The molecule has 0 unspecified atom stereocenters. The molecule has 10 heteroatoms. The Bertz CT molecular complexity index is 1520. The largest absolute Gasteiger partial charge is 0.457 e. The number of anilines is 1. The fourth-order valence-corrected chi connectivity index (χ4v) is 6.99. The van der Waals surface area contributed by atoms with Crippen LogP contribution in [-0.2, 0) is 9.59 Å². The van der Waals surface area contributed by atoms with Crippen LogP contribution >= 0.6 is 62.8 Å². The van der Waals surface area contributed by atoms with Gasteiger partial charge in [-0.3, -0.25) is 19.8 Å². The first-order chi connectivity index (χ1) is 17.9. The minimum atomic E-state index is -0.542. The van der Waals surface area contributed by atoms with Gasteiger partial charge in [0, 0.05) is 15.5 Å². The van der Waals surface area contributed by atoms with E-state index in [9.17, 15) is 9.59 Å². The van der Waals surface area contributed by atoms with Crippen molar-refractivity contribution in [3.05, 3.63) is 105 Å². The van der Waals surface area contributed by atoms with Gasteiger partial charge in [0.15, 0.2) is 5.11 Å². The highest BCUT2D eigenvalue weighted by molar-refractivity contribution is 9.11. The molecular formula is C27H16BrClN2O3S3. The standard InChI is InChI=1S/C27H16BrClN2O3S3/c28-23-15-16(26(37-23)36-21-12-6-17(29)7-13-21)14-22-24(32)30-27(35)31(25(22)33)18-8-10-20(11-9-18)34-19-4-2-1-3-5-19/h1-15H,(H,30,32,35)/b22-14+. The van der Waals surface area contributed by atoms with E-state index in [0.717, 1.165) is 18.5 Å². The molecule has 0 atom stereocenters. The summed E-state index contributed by atoms with van der Waals surface area (Å²) in [5.74, 6) is 0.263. The second-order valence-electron chi connectivity index (χ2n) is 7.72. The molecular weight excluding hydrogens is 612 g/mol. The zero-order valence-corrected chi connectivity index (χ0v) is 23.6. The van der Waals surface area contributed by atoms with Crippen LogP contribution < -0.4 is 15.0 Å². The fraction of sp³-hybridized carbons (Fsp3) is 0. The molecule has 5 nitrogen and oxygen atoms in total. The number of nitrogens with one attached hydrogen (secondary N) is 1. The lowest BCUT2D eigenvalue weighted by atomic mass is 10.1. The van der Waals surface area contributed by atoms with Gasteiger partial charge in [0.1, 0.15) is 17.1 Å². The van der Waals surface area contributed by atoms with E-state index in [1.165, 1.54) is 28.0 Å². The average molecular weight is 628 g/mol. The predicted octanol–water partition coefficient (Wildman–Crippen LogP) is 7.94. The van der Waals surface area contributed by atoms with Crippen LogP contribution in [0.15, 0.2) is 103 Å². The summed E-state index contributed by atoms with van der Waals surface area (Å²) in [6.07, 6.45) is 1.60. The van der Waals surface area contributed by atoms with E-state index in [1.807, 2.05) is 60.7 Å². The zero-order chi connectivity index (χ0) is 25.9. The summed E-state index contributed by atoms with van der Waals surface area (Å²) in [6.45, 7) is 0. The van der Waals surface area contributed by atoms with Gasteiger partial charge in [0.05, 0.1) is 13.7 Å². The topological polar surface area (TPSA) is 58.6 Å². The summed E-state index contributed by atoms with van der Waals surface area (Å²) in [5.41, 5.74) is 1.25. The van der Waals surface area contributed by atoms with Crippen molar-refractivity contribution in [3.8, 4) is 11.5 Å². The van der Waals surface area contributed by atoms with Gasteiger partial charge in [0.25, 0.3) is 11.8 Å². The minimum Gasteiger partial charge on any atom is -0.457 e. The van der Waals surface area contributed by atoms with E-state index in [0.29, 0.717) is 22.2 Å². The van der Waals surface area contributed by atoms with Gasteiger partial charge in [-0.05, 0) is 101 Å². The molecule has 0 spiro atoms. The first-order valence-electron chi connectivity index (χ1n) is 10.8. The fourth-order valence-electron chi connectivity index (χ4n) is 3.48. The zero-order valence-electron chi connectivity index (χ0n) is 18.8. The molecule has 1 saturated heterocycles. The highest BCUT2D eigenvalue weighted by Crippen LogP contribution is 2.41. The maximum Gasteiger partial charge on any atom is 0.270 e. The van der Waals surface area contributed by atoms with Crippen molar-refractivity contribution in [2.75, 3.05) is 4.90 Å². The molecule has 3 aromatic carbocycles. The van der Waals surface area contributed by atoms with Crippen LogP contribution in [0.5, 0.6) is 11.5 Å². The summed E-state index contributed by atoms with van der Waals surface area (Å²) in [5, 5.41) is 3.31. The van der Waals surface area contributed by atoms with Crippen molar-refractivity contribution < 1.29 is 14.3 Å². The number of hydrogen-bond donors (Lipinski definition) is 1. The third-order valence-electron chi connectivity index (χ3n) is 5.19. The van der Waals surface area contributed by atoms with Gasteiger partial charge in [0.2, 0.25) is 0 Å². The number of halogens is 2. The molecule has 5 rings (SSSR count). The average Bonchev–Trinajstić information content (AvgIpc) is 3.23. The molecule has 0 saturated carbocycles. The number of carbonyl (C=O) groups excluding carboxylic acids is 2. The molecule has 0 radical (unpaired) electrons. The molecule has 37 heavy (non-hydrogen) atoms. The SMILES string of the molecule is O=C1NC(=S)N(c2ccc(Oc3ccccc3)cc2)C(=O)/C1=C/c1cc(Br)sc1Sc1ccc(Cl)cc1. The van der Waals surface area contributed by atoms with Crippen molar-refractivity contribution in [1.29, 1.82) is 0 Å². The normalized spacial score (nSPS) is 14.7. The van der Waals surface area contributed by atoms with Crippen LogP contribution in [-0.4, -0.2) is 16.9 Å². The van der Waals surface area contributed by atoms with E-state index in [-0.39, 0.29) is 10.7 Å². The Kier molecular flexibility index (Phi) is 7.78.